The Balaban J connectivity index is 3.34. The van der Waals surface area contributed by atoms with Crippen LogP contribution < -0.4 is 5.73 Å². The number of nitrogens with two attached hydrogens (primary N) is 1. The quantitative estimate of drug-likeness (QED) is 0.644. The lowest BCUT2D eigenvalue weighted by Gasteiger charge is -2.13. The highest BCUT2D eigenvalue weighted by Gasteiger charge is 2.14. The number of benzene rings is 1. The van der Waals surface area contributed by atoms with E-state index in [1.807, 2.05) is 20.8 Å². The molecule has 1 aromatic rings. The first-order valence-electron chi connectivity index (χ1n) is 5.61. The van der Waals surface area contributed by atoms with E-state index < -0.39 is 5.82 Å². The molecule has 0 heterocycles. The van der Waals surface area contributed by atoms with Crippen molar-refractivity contribution in [3.63, 3.8) is 0 Å². The van der Waals surface area contributed by atoms with Crippen LogP contribution in [-0.4, -0.2) is 5.78 Å². The summed E-state index contributed by atoms with van der Waals surface area (Å²) < 4.78 is 13.4. The first-order chi connectivity index (χ1) is 7.84. The molecule has 0 spiro atoms. The van der Waals surface area contributed by atoms with Gasteiger partial charge in [0.2, 0.25) is 0 Å². The Kier molecular flexibility index (Phi) is 4.05. The molecule has 0 unspecified atom stereocenters. The van der Waals surface area contributed by atoms with E-state index in [4.69, 9.17) is 5.73 Å². The number of allylic oxidation sites excluding steroid dienone is 2. The van der Waals surface area contributed by atoms with Crippen LogP contribution >= 0.6 is 0 Å². The smallest absolute Gasteiger partial charge is 0.156 e. The Hall–Kier alpha value is -1.64. The fourth-order valence-corrected chi connectivity index (χ4v) is 2.02. The maximum absolute atomic E-state index is 13.4. The molecular weight excluding hydrogens is 217 g/mol. The number of hydrogen-bond acceptors (Lipinski definition) is 2. The van der Waals surface area contributed by atoms with Crippen molar-refractivity contribution in [1.29, 1.82) is 0 Å². The van der Waals surface area contributed by atoms with Gasteiger partial charge in [-0.25, -0.2) is 4.39 Å². The Morgan fingerprint density at radius 3 is 2.29 bits per heavy atom. The molecule has 2 N–H and O–H groups in total. The highest BCUT2D eigenvalue weighted by atomic mass is 19.1. The first kappa shape index (κ1) is 13.4. The van der Waals surface area contributed by atoms with E-state index in [2.05, 4.69) is 0 Å². The normalized spacial score (nSPS) is 12.6. The molecule has 0 aliphatic carbocycles. The van der Waals surface area contributed by atoms with Gasteiger partial charge in [-0.1, -0.05) is 19.9 Å². The van der Waals surface area contributed by atoms with Gasteiger partial charge in [-0.05, 0) is 43.0 Å². The van der Waals surface area contributed by atoms with Crippen molar-refractivity contribution in [1.82, 2.24) is 0 Å². The van der Waals surface area contributed by atoms with E-state index in [0.717, 1.165) is 11.1 Å². The minimum atomic E-state index is -0.450. The molecule has 1 aromatic carbocycles. The van der Waals surface area contributed by atoms with Crippen molar-refractivity contribution >= 4 is 17.0 Å². The molecule has 92 valence electrons. The summed E-state index contributed by atoms with van der Waals surface area (Å²) in [5.74, 6) is -0.309. The van der Waals surface area contributed by atoms with E-state index in [-0.39, 0.29) is 17.4 Å². The molecule has 1 rings (SSSR count). The molecule has 0 aliphatic rings. The lowest BCUT2D eigenvalue weighted by molar-refractivity contribution is -0.113. The molecule has 17 heavy (non-hydrogen) atoms. The highest BCUT2D eigenvalue weighted by molar-refractivity contribution is 6.01. The molecule has 0 saturated heterocycles. The average Bonchev–Trinajstić information content (AvgIpc) is 2.20. The van der Waals surface area contributed by atoms with Crippen LogP contribution in [-0.2, 0) is 4.79 Å². The summed E-state index contributed by atoms with van der Waals surface area (Å²) >= 11 is 0. The van der Waals surface area contributed by atoms with Crippen molar-refractivity contribution in [3.05, 3.63) is 35.2 Å². The van der Waals surface area contributed by atoms with Crippen LogP contribution in [0, 0.1) is 11.7 Å². The summed E-state index contributed by atoms with van der Waals surface area (Å²) in [5.41, 5.74) is 7.79. The summed E-state index contributed by atoms with van der Waals surface area (Å²) in [6, 6.07) is 4.63. The van der Waals surface area contributed by atoms with Crippen molar-refractivity contribution in [2.75, 3.05) is 5.73 Å². The number of carbonyl (C=O) groups excluding carboxylic acids is 1. The van der Waals surface area contributed by atoms with Crippen LogP contribution in [0.15, 0.2) is 23.8 Å². The van der Waals surface area contributed by atoms with Crippen LogP contribution in [0.25, 0.3) is 5.57 Å². The van der Waals surface area contributed by atoms with Crippen molar-refractivity contribution in [2.45, 2.75) is 27.7 Å². The van der Waals surface area contributed by atoms with Crippen molar-refractivity contribution in [3.8, 4) is 0 Å². The fraction of sp³-hybridized carbons (Fsp3) is 0.357. The molecule has 0 saturated carbocycles. The van der Waals surface area contributed by atoms with Gasteiger partial charge in [0.1, 0.15) is 5.82 Å². The SMILES string of the molecule is CC(=O)/C(=C(\C)c1ccc(N)c(F)c1)C(C)C. The molecule has 0 amide bonds. The molecular formula is C14H18FNO. The maximum atomic E-state index is 13.4. The van der Waals surface area contributed by atoms with Gasteiger partial charge >= 0.3 is 0 Å². The number of halogens is 1. The summed E-state index contributed by atoms with van der Waals surface area (Å²) in [6.07, 6.45) is 0. The third kappa shape index (κ3) is 2.93. The molecule has 0 radical (unpaired) electrons. The highest BCUT2D eigenvalue weighted by Crippen LogP contribution is 2.26. The van der Waals surface area contributed by atoms with Gasteiger partial charge in [0.15, 0.2) is 5.78 Å². The number of ketones is 1. The largest absolute Gasteiger partial charge is 0.396 e. The average molecular weight is 235 g/mol. The van der Waals surface area contributed by atoms with Crippen LogP contribution in [0.1, 0.15) is 33.3 Å². The van der Waals surface area contributed by atoms with E-state index in [0.29, 0.717) is 5.56 Å². The Labute approximate surface area is 101 Å². The van der Waals surface area contributed by atoms with Gasteiger partial charge in [0.05, 0.1) is 5.69 Å². The number of Topliss-reactive ketones (excluding diaryl/α,β-unsaturated/α-hetero) is 1. The van der Waals surface area contributed by atoms with Gasteiger partial charge in [-0.2, -0.15) is 0 Å². The Bertz CT molecular complexity index is 475. The zero-order valence-electron chi connectivity index (χ0n) is 10.7. The lowest BCUT2D eigenvalue weighted by atomic mass is 9.91. The predicted molar refractivity (Wildman–Crippen MR) is 68.9 cm³/mol. The predicted octanol–water partition coefficient (Wildman–Crippen LogP) is 3.43. The molecule has 2 nitrogen and oxygen atoms in total. The zero-order valence-corrected chi connectivity index (χ0v) is 10.7. The second-order valence-corrected chi connectivity index (χ2v) is 4.49. The molecule has 0 atom stereocenters. The zero-order chi connectivity index (χ0) is 13.2. The Morgan fingerprint density at radius 2 is 1.88 bits per heavy atom. The fourth-order valence-electron chi connectivity index (χ4n) is 2.02. The maximum Gasteiger partial charge on any atom is 0.156 e. The number of hydrogen-bond donors (Lipinski definition) is 1. The summed E-state index contributed by atoms with van der Waals surface area (Å²) in [7, 11) is 0. The second kappa shape index (κ2) is 5.13. The number of carbonyl (C=O) groups is 1. The molecule has 3 heteroatoms. The summed E-state index contributed by atoms with van der Waals surface area (Å²) in [5, 5.41) is 0. The third-order valence-electron chi connectivity index (χ3n) is 2.79. The molecule has 0 fully saturated rings. The second-order valence-electron chi connectivity index (χ2n) is 4.49. The van der Waals surface area contributed by atoms with Gasteiger partial charge in [0.25, 0.3) is 0 Å². The molecule has 0 aliphatic heterocycles. The minimum absolute atomic E-state index is 0.0229. The number of rotatable bonds is 3. The lowest BCUT2D eigenvalue weighted by Crippen LogP contribution is -2.07. The van der Waals surface area contributed by atoms with Crippen LogP contribution in [0.2, 0.25) is 0 Å². The summed E-state index contributed by atoms with van der Waals surface area (Å²) in [6.45, 7) is 7.27. The number of anilines is 1. The van der Waals surface area contributed by atoms with E-state index in [1.165, 1.54) is 19.1 Å². The third-order valence-corrected chi connectivity index (χ3v) is 2.79. The van der Waals surface area contributed by atoms with Gasteiger partial charge in [-0.3, -0.25) is 4.79 Å². The van der Waals surface area contributed by atoms with Gasteiger partial charge in [-0.15, -0.1) is 0 Å². The van der Waals surface area contributed by atoms with Crippen LogP contribution in [0.3, 0.4) is 0 Å². The van der Waals surface area contributed by atoms with E-state index in [9.17, 15) is 9.18 Å². The molecule has 0 aromatic heterocycles. The van der Waals surface area contributed by atoms with Gasteiger partial charge < -0.3 is 5.73 Å². The minimum Gasteiger partial charge on any atom is -0.396 e. The standard InChI is InChI=1S/C14H18FNO/c1-8(2)14(10(4)17)9(3)11-5-6-13(16)12(15)7-11/h5-8H,16H2,1-4H3/b14-9+. The molecule has 0 bridgehead atoms. The number of nitrogen functional groups attached to an aromatic ring is 1. The first-order valence-corrected chi connectivity index (χ1v) is 5.61. The van der Waals surface area contributed by atoms with Crippen molar-refractivity contribution in [2.24, 2.45) is 5.92 Å². The van der Waals surface area contributed by atoms with E-state index in [1.54, 1.807) is 6.07 Å². The van der Waals surface area contributed by atoms with Crippen molar-refractivity contribution < 1.29 is 9.18 Å². The van der Waals surface area contributed by atoms with Gasteiger partial charge in [0, 0.05) is 5.57 Å². The van der Waals surface area contributed by atoms with E-state index >= 15 is 0 Å². The Morgan fingerprint density at radius 1 is 1.29 bits per heavy atom. The van der Waals surface area contributed by atoms with Crippen LogP contribution in [0.4, 0.5) is 10.1 Å². The van der Waals surface area contributed by atoms with Crippen LogP contribution in [0.5, 0.6) is 0 Å². The monoisotopic (exact) mass is 235 g/mol. The summed E-state index contributed by atoms with van der Waals surface area (Å²) in [4.78, 5) is 11.6. The topological polar surface area (TPSA) is 43.1 Å².